The zero-order valence-electron chi connectivity index (χ0n) is 18.1. The molecule has 1 unspecified atom stereocenters. The minimum atomic E-state index is -1.18. The van der Waals surface area contributed by atoms with E-state index >= 15 is 0 Å². The normalized spacial score (nSPS) is 13.3. The van der Waals surface area contributed by atoms with E-state index in [1.807, 2.05) is 50.2 Å². The Labute approximate surface area is 186 Å². The highest BCUT2D eigenvalue weighted by Gasteiger charge is 2.30. The monoisotopic (exact) mass is 434 g/mol. The van der Waals surface area contributed by atoms with Crippen LogP contribution < -0.4 is 5.32 Å². The van der Waals surface area contributed by atoms with E-state index in [4.69, 9.17) is 4.74 Å². The summed E-state index contributed by atoms with van der Waals surface area (Å²) in [6.07, 6.45) is 0.495. The molecule has 0 radical (unpaired) electrons. The van der Waals surface area contributed by atoms with Crippen molar-refractivity contribution in [2.45, 2.75) is 45.2 Å². The molecule has 8 heteroatoms. The molecule has 0 saturated heterocycles. The minimum Gasteiger partial charge on any atom is -0.480 e. The number of fused-ring (bicyclic) bond motifs is 3. The van der Waals surface area contributed by atoms with Crippen molar-refractivity contribution in [2.75, 3.05) is 6.61 Å². The van der Waals surface area contributed by atoms with Crippen LogP contribution in [0.5, 0.6) is 0 Å². The first-order chi connectivity index (χ1) is 15.5. The second-order valence-corrected chi connectivity index (χ2v) is 7.69. The topological polar surface area (TPSA) is 106 Å². The maximum absolute atomic E-state index is 12.5. The molecule has 0 saturated carbocycles. The van der Waals surface area contributed by atoms with Gasteiger partial charge in [-0.15, -0.1) is 0 Å². The van der Waals surface area contributed by atoms with Crippen molar-refractivity contribution in [3.05, 3.63) is 71.3 Å². The average Bonchev–Trinajstić information content (AvgIpc) is 3.35. The van der Waals surface area contributed by atoms with Crippen molar-refractivity contribution in [2.24, 2.45) is 0 Å². The van der Waals surface area contributed by atoms with Gasteiger partial charge >= 0.3 is 12.1 Å². The van der Waals surface area contributed by atoms with Crippen LogP contribution in [0.15, 0.2) is 48.5 Å². The van der Waals surface area contributed by atoms with Crippen molar-refractivity contribution in [3.8, 4) is 11.1 Å². The Hall–Kier alpha value is -3.68. The van der Waals surface area contributed by atoms with E-state index in [1.165, 1.54) is 0 Å². The number of alkyl carbamates (subject to hydrolysis) is 1. The van der Waals surface area contributed by atoms with Gasteiger partial charge in [0.05, 0.1) is 6.54 Å². The van der Waals surface area contributed by atoms with Crippen LogP contribution in [0.25, 0.3) is 11.1 Å². The fourth-order valence-electron chi connectivity index (χ4n) is 4.12. The van der Waals surface area contributed by atoms with Crippen LogP contribution in [0.1, 0.15) is 42.5 Å². The highest BCUT2D eigenvalue weighted by atomic mass is 16.5. The van der Waals surface area contributed by atoms with E-state index in [9.17, 15) is 14.7 Å². The van der Waals surface area contributed by atoms with E-state index in [-0.39, 0.29) is 19.1 Å². The number of aromatic nitrogens is 3. The number of rotatable bonds is 8. The number of ether oxygens (including phenoxy) is 1. The molecule has 1 aliphatic rings. The van der Waals surface area contributed by atoms with Gasteiger partial charge < -0.3 is 15.2 Å². The lowest BCUT2D eigenvalue weighted by atomic mass is 9.98. The molecular formula is C24H26N4O4. The number of nitrogens with zero attached hydrogens (tertiary/aromatic N) is 3. The number of nitrogens with one attached hydrogen (secondary N) is 1. The van der Waals surface area contributed by atoms with Gasteiger partial charge in [-0.25, -0.2) is 19.3 Å². The van der Waals surface area contributed by atoms with Crippen LogP contribution >= 0.6 is 0 Å². The molecule has 1 aliphatic carbocycles. The fourth-order valence-corrected chi connectivity index (χ4v) is 4.12. The maximum Gasteiger partial charge on any atom is 0.407 e. The van der Waals surface area contributed by atoms with Gasteiger partial charge in [0.15, 0.2) is 5.82 Å². The third-order valence-corrected chi connectivity index (χ3v) is 5.71. The molecule has 1 amide bonds. The van der Waals surface area contributed by atoms with Crippen molar-refractivity contribution in [1.29, 1.82) is 0 Å². The van der Waals surface area contributed by atoms with Gasteiger partial charge in [0.2, 0.25) is 0 Å². The molecule has 1 aromatic heterocycles. The van der Waals surface area contributed by atoms with Gasteiger partial charge in [-0.2, -0.15) is 5.10 Å². The first-order valence-electron chi connectivity index (χ1n) is 10.8. The molecule has 1 heterocycles. The summed E-state index contributed by atoms with van der Waals surface area (Å²) in [6.45, 7) is 3.96. The second-order valence-electron chi connectivity index (χ2n) is 7.69. The molecule has 0 aliphatic heterocycles. The molecule has 0 spiro atoms. The number of hydrogen-bond donors (Lipinski definition) is 2. The zero-order valence-corrected chi connectivity index (χ0v) is 18.1. The minimum absolute atomic E-state index is 0.0182. The first kappa shape index (κ1) is 21.5. The van der Waals surface area contributed by atoms with E-state index in [1.54, 1.807) is 4.68 Å². The number of carboxylic acid groups (broad SMARTS) is 1. The molecule has 0 bridgehead atoms. The Morgan fingerprint density at radius 2 is 1.69 bits per heavy atom. The second kappa shape index (κ2) is 9.21. The molecule has 32 heavy (non-hydrogen) atoms. The number of hydrogen-bond acceptors (Lipinski definition) is 5. The number of carbonyl (C=O) groups excluding carboxylic acids is 1. The molecule has 4 rings (SSSR count). The molecule has 8 nitrogen and oxygen atoms in total. The molecule has 0 fully saturated rings. The number of carbonyl (C=O) groups is 2. The third kappa shape index (κ3) is 4.21. The maximum atomic E-state index is 12.5. The average molecular weight is 434 g/mol. The Balaban J connectivity index is 1.44. The summed E-state index contributed by atoms with van der Waals surface area (Å²) >= 11 is 0. The smallest absolute Gasteiger partial charge is 0.407 e. The Bertz CT molecular complexity index is 1100. The van der Waals surface area contributed by atoms with Gasteiger partial charge in [0, 0.05) is 18.8 Å². The summed E-state index contributed by atoms with van der Waals surface area (Å²) < 4.78 is 7.03. The largest absolute Gasteiger partial charge is 0.480 e. The first-order valence-corrected chi connectivity index (χ1v) is 10.8. The Morgan fingerprint density at radius 3 is 2.25 bits per heavy atom. The molecule has 2 aromatic carbocycles. The highest BCUT2D eigenvalue weighted by Crippen LogP contribution is 2.44. The van der Waals surface area contributed by atoms with E-state index in [0.29, 0.717) is 24.5 Å². The zero-order chi connectivity index (χ0) is 22.7. The Morgan fingerprint density at radius 1 is 1.06 bits per heavy atom. The number of benzene rings is 2. The van der Waals surface area contributed by atoms with Crippen LogP contribution in [0.2, 0.25) is 0 Å². The van der Waals surface area contributed by atoms with Gasteiger partial charge in [-0.05, 0) is 22.3 Å². The van der Waals surface area contributed by atoms with Crippen molar-refractivity contribution < 1.29 is 19.4 Å². The van der Waals surface area contributed by atoms with E-state index in [0.717, 1.165) is 22.3 Å². The van der Waals surface area contributed by atoms with Crippen molar-refractivity contribution >= 4 is 12.1 Å². The van der Waals surface area contributed by atoms with Crippen molar-refractivity contribution in [3.63, 3.8) is 0 Å². The molecule has 1 atom stereocenters. The summed E-state index contributed by atoms with van der Waals surface area (Å²) in [5.74, 6) is 0.0780. The standard InChI is InChI=1S/C24H26N4O4/c1-3-21-26-22(4-2)28(27-21)13-20(23(29)30)25-24(31)32-14-19-17-11-7-5-9-15(17)16-10-6-8-12-18(16)19/h5-12,19-20H,3-4,13-14H2,1-2H3,(H,25,31)(H,29,30). The fraction of sp³-hybridized carbons (Fsp3) is 0.333. The van der Waals surface area contributed by atoms with Crippen LogP contribution in [0, 0.1) is 0 Å². The number of carboxylic acids is 1. The quantitative estimate of drug-likeness (QED) is 0.563. The van der Waals surface area contributed by atoms with E-state index in [2.05, 4.69) is 27.5 Å². The van der Waals surface area contributed by atoms with Crippen molar-refractivity contribution in [1.82, 2.24) is 20.1 Å². The lowest BCUT2D eigenvalue weighted by Crippen LogP contribution is -2.44. The summed E-state index contributed by atoms with van der Waals surface area (Å²) in [6, 6.07) is 14.9. The van der Waals surface area contributed by atoms with E-state index < -0.39 is 18.1 Å². The number of aryl methyl sites for hydroxylation is 2. The number of aliphatic carboxylic acids is 1. The summed E-state index contributed by atoms with van der Waals surface area (Å²) in [5, 5.41) is 16.4. The van der Waals surface area contributed by atoms with Crippen LogP contribution in [0.3, 0.4) is 0 Å². The summed E-state index contributed by atoms with van der Waals surface area (Å²) in [5.41, 5.74) is 4.45. The molecular weight excluding hydrogens is 408 g/mol. The predicted octanol–water partition coefficient (Wildman–Crippen LogP) is 3.39. The van der Waals surface area contributed by atoms with Gasteiger partial charge in [-0.1, -0.05) is 62.4 Å². The van der Waals surface area contributed by atoms with Gasteiger partial charge in [0.25, 0.3) is 0 Å². The van der Waals surface area contributed by atoms with Crippen LogP contribution in [-0.4, -0.2) is 44.6 Å². The predicted molar refractivity (Wildman–Crippen MR) is 118 cm³/mol. The van der Waals surface area contributed by atoms with Crippen LogP contribution in [0.4, 0.5) is 4.79 Å². The van der Waals surface area contributed by atoms with Gasteiger partial charge in [-0.3, -0.25) is 0 Å². The lowest BCUT2D eigenvalue weighted by Gasteiger charge is -2.18. The SMILES string of the molecule is CCc1nc(CC)n(CC(NC(=O)OCC2c3ccccc3-c3ccccc32)C(=O)O)n1. The third-order valence-electron chi connectivity index (χ3n) is 5.71. The number of amides is 1. The lowest BCUT2D eigenvalue weighted by molar-refractivity contribution is -0.139. The van der Waals surface area contributed by atoms with Crippen LogP contribution in [-0.2, 0) is 28.9 Å². The molecule has 3 aromatic rings. The summed E-state index contributed by atoms with van der Waals surface area (Å²) in [4.78, 5) is 28.7. The highest BCUT2D eigenvalue weighted by molar-refractivity contribution is 5.81. The Kier molecular flexibility index (Phi) is 6.20. The van der Waals surface area contributed by atoms with Gasteiger partial charge in [0.1, 0.15) is 18.5 Å². The molecule has 166 valence electrons. The summed E-state index contributed by atoms with van der Waals surface area (Å²) in [7, 11) is 0. The molecule has 2 N–H and O–H groups in total.